The van der Waals surface area contributed by atoms with Crippen molar-refractivity contribution >= 4 is 27.5 Å². The second-order valence-corrected chi connectivity index (χ2v) is 22.8. The average molecular weight is 531 g/mol. The van der Waals surface area contributed by atoms with Gasteiger partial charge in [-0.05, 0) is 49.0 Å². The van der Waals surface area contributed by atoms with Crippen molar-refractivity contribution in [2.75, 3.05) is 20.3 Å². The highest BCUT2D eigenvalue weighted by atomic mass is 28.4. The average Bonchev–Trinajstić information content (AvgIpc) is 3.27. The summed E-state index contributed by atoms with van der Waals surface area (Å²) in [5, 5.41) is 1.55. The van der Waals surface area contributed by atoms with Gasteiger partial charge in [-0.15, -0.1) is 0 Å². The van der Waals surface area contributed by atoms with Crippen LogP contribution in [0.3, 0.4) is 0 Å². The molecule has 0 bridgehead atoms. The van der Waals surface area contributed by atoms with E-state index in [1.807, 2.05) is 0 Å². The van der Waals surface area contributed by atoms with Crippen molar-refractivity contribution in [1.82, 2.24) is 0 Å². The molecule has 0 radical (unpaired) electrons. The smallest absolute Gasteiger partial charge is 0.312 e. The summed E-state index contributed by atoms with van der Waals surface area (Å²) in [6, 6.07) is 12.0. The molecule has 0 aromatic heterocycles. The molecular formula is C29H46O5Si2. The van der Waals surface area contributed by atoms with Crippen LogP contribution in [-0.4, -0.2) is 48.5 Å². The van der Waals surface area contributed by atoms with E-state index >= 15 is 0 Å². The van der Waals surface area contributed by atoms with Crippen LogP contribution in [0.15, 0.2) is 42.2 Å². The second kappa shape index (κ2) is 9.71. The van der Waals surface area contributed by atoms with Gasteiger partial charge in [-0.1, -0.05) is 69.4 Å². The summed E-state index contributed by atoms with van der Waals surface area (Å²) in [6.07, 6.45) is 5.10. The van der Waals surface area contributed by atoms with E-state index in [2.05, 4.69) is 83.4 Å². The Morgan fingerprint density at radius 3 is 2.31 bits per heavy atom. The number of esters is 1. The third-order valence-electron chi connectivity index (χ3n) is 9.52. The minimum atomic E-state index is -2.06. The van der Waals surface area contributed by atoms with Crippen LogP contribution in [0.5, 0.6) is 0 Å². The first-order chi connectivity index (χ1) is 16.8. The summed E-state index contributed by atoms with van der Waals surface area (Å²) >= 11 is 0. The van der Waals surface area contributed by atoms with Crippen LogP contribution in [0.4, 0.5) is 0 Å². The molecule has 1 aliphatic heterocycles. The van der Waals surface area contributed by atoms with Gasteiger partial charge in [0.1, 0.15) is 0 Å². The molecule has 3 aliphatic rings. The molecule has 2 fully saturated rings. The minimum Gasteiger partial charge on any atom is -0.547 e. The number of hydrogen-bond donors (Lipinski definition) is 0. The van der Waals surface area contributed by atoms with Crippen molar-refractivity contribution < 1.29 is 23.4 Å². The summed E-state index contributed by atoms with van der Waals surface area (Å²) in [5.74, 6) is 0.647. The third-order valence-corrected chi connectivity index (χ3v) is 17.2. The maximum atomic E-state index is 13.6. The van der Waals surface area contributed by atoms with Gasteiger partial charge in [0.25, 0.3) is 0 Å². The standard InChI is InChI=1S/C29H46O5Si2/c1-27(2,3)36(7,8)34-25-15-16-28(26(30)31-4)21-29(32-18-19-33-29)17-14-24(28)23(25)20-35(5,6)22-12-10-9-11-13-22/h9-13,15,23-24H,14,16-21H2,1-8H3/t23-,24-,28-/m1/s1. The normalized spacial score (nSPS) is 28.4. The third kappa shape index (κ3) is 5.01. The van der Waals surface area contributed by atoms with Crippen molar-refractivity contribution in [1.29, 1.82) is 0 Å². The molecule has 0 amide bonds. The number of hydrogen-bond acceptors (Lipinski definition) is 5. The topological polar surface area (TPSA) is 54.0 Å². The number of ether oxygens (including phenoxy) is 3. The zero-order valence-corrected chi connectivity index (χ0v) is 25.6. The molecular weight excluding hydrogens is 484 g/mol. The lowest BCUT2D eigenvalue weighted by Gasteiger charge is -2.54. The van der Waals surface area contributed by atoms with E-state index in [1.54, 1.807) is 0 Å². The Hall–Kier alpha value is -1.42. The first kappa shape index (κ1) is 27.6. The SMILES string of the molecule is COC(=O)[C@@]12CC=C(O[Si](C)(C)C(C)(C)C)[C@H](C[Si](C)(C)c3ccccc3)[C@H]1CCC1(C2)OCCO1. The summed E-state index contributed by atoms with van der Waals surface area (Å²) < 4.78 is 24.9. The van der Waals surface area contributed by atoms with Crippen molar-refractivity contribution in [3.05, 3.63) is 42.2 Å². The van der Waals surface area contributed by atoms with Gasteiger partial charge in [-0.25, -0.2) is 0 Å². The zero-order valence-electron chi connectivity index (χ0n) is 23.6. The number of allylic oxidation sites excluding steroid dienone is 2. The minimum absolute atomic E-state index is 0.101. The Labute approximate surface area is 220 Å². The van der Waals surface area contributed by atoms with Crippen molar-refractivity contribution in [2.24, 2.45) is 17.3 Å². The van der Waals surface area contributed by atoms with Gasteiger partial charge >= 0.3 is 5.97 Å². The zero-order chi connectivity index (χ0) is 26.4. The summed E-state index contributed by atoms with van der Waals surface area (Å²) in [4.78, 5) is 13.6. The molecule has 1 aromatic carbocycles. The lowest BCUT2D eigenvalue weighted by Crippen LogP contribution is -2.57. The summed E-state index contributed by atoms with van der Waals surface area (Å²) in [7, 11) is -2.38. The van der Waals surface area contributed by atoms with Crippen LogP contribution in [0, 0.1) is 17.3 Å². The number of benzene rings is 1. The predicted octanol–water partition coefficient (Wildman–Crippen LogP) is 6.23. The molecule has 5 nitrogen and oxygen atoms in total. The molecule has 7 heteroatoms. The number of fused-ring (bicyclic) bond motifs is 1. The van der Waals surface area contributed by atoms with Gasteiger partial charge in [-0.3, -0.25) is 4.79 Å². The Kier molecular flexibility index (Phi) is 7.45. The molecule has 0 unspecified atom stereocenters. The van der Waals surface area contributed by atoms with E-state index in [-0.39, 0.29) is 22.8 Å². The van der Waals surface area contributed by atoms with Crippen LogP contribution in [-0.2, 0) is 23.4 Å². The number of methoxy groups -OCH3 is 1. The van der Waals surface area contributed by atoms with Crippen molar-refractivity contribution in [3.63, 3.8) is 0 Å². The molecule has 2 aliphatic carbocycles. The van der Waals surface area contributed by atoms with Crippen LogP contribution in [0.25, 0.3) is 0 Å². The molecule has 1 heterocycles. The molecule has 200 valence electrons. The largest absolute Gasteiger partial charge is 0.547 e. The molecule has 1 saturated carbocycles. The molecule has 36 heavy (non-hydrogen) atoms. The predicted molar refractivity (Wildman–Crippen MR) is 149 cm³/mol. The molecule has 0 N–H and O–H groups in total. The first-order valence-corrected chi connectivity index (χ1v) is 19.7. The Morgan fingerprint density at radius 2 is 1.72 bits per heavy atom. The van der Waals surface area contributed by atoms with Gasteiger partial charge < -0.3 is 18.6 Å². The molecule has 1 spiro atoms. The quantitative estimate of drug-likeness (QED) is 0.322. The van der Waals surface area contributed by atoms with E-state index in [0.29, 0.717) is 26.1 Å². The monoisotopic (exact) mass is 530 g/mol. The van der Waals surface area contributed by atoms with Crippen LogP contribution < -0.4 is 5.19 Å². The number of carbonyl (C=O) groups excluding carboxylic acids is 1. The summed E-state index contributed by atoms with van der Waals surface area (Å²) in [5.41, 5.74) is -0.649. The Balaban J connectivity index is 1.77. The Bertz CT molecular complexity index is 975. The Morgan fingerprint density at radius 1 is 1.08 bits per heavy atom. The van der Waals surface area contributed by atoms with Gasteiger partial charge in [0.05, 0.1) is 39.6 Å². The lowest BCUT2D eigenvalue weighted by atomic mass is 9.56. The van der Waals surface area contributed by atoms with Gasteiger partial charge in [0, 0.05) is 18.8 Å². The van der Waals surface area contributed by atoms with Gasteiger partial charge in [0.15, 0.2) is 5.79 Å². The fourth-order valence-electron chi connectivity index (χ4n) is 6.41. The number of carbonyl (C=O) groups is 1. The van der Waals surface area contributed by atoms with E-state index in [0.717, 1.165) is 24.6 Å². The van der Waals surface area contributed by atoms with Gasteiger partial charge in [0.2, 0.25) is 8.32 Å². The van der Waals surface area contributed by atoms with Crippen LogP contribution >= 0.6 is 0 Å². The lowest BCUT2D eigenvalue weighted by molar-refractivity contribution is -0.226. The van der Waals surface area contributed by atoms with E-state index in [4.69, 9.17) is 18.6 Å². The van der Waals surface area contributed by atoms with E-state index < -0.39 is 27.6 Å². The number of rotatable bonds is 6. The molecule has 3 atom stereocenters. The fraction of sp³-hybridized carbons (Fsp3) is 0.690. The maximum absolute atomic E-state index is 13.6. The highest BCUT2D eigenvalue weighted by Gasteiger charge is 2.61. The molecule has 1 aromatic rings. The highest BCUT2D eigenvalue weighted by molar-refractivity contribution is 6.89. The van der Waals surface area contributed by atoms with E-state index in [1.165, 1.54) is 12.3 Å². The van der Waals surface area contributed by atoms with E-state index in [9.17, 15) is 4.79 Å². The fourth-order valence-corrected chi connectivity index (χ4v) is 10.5. The molecule has 1 saturated heterocycles. The first-order valence-electron chi connectivity index (χ1n) is 13.6. The highest BCUT2D eigenvalue weighted by Crippen LogP contribution is 2.59. The molecule has 4 rings (SSSR count). The van der Waals surface area contributed by atoms with Crippen LogP contribution in [0.1, 0.15) is 46.5 Å². The van der Waals surface area contributed by atoms with Crippen molar-refractivity contribution in [3.8, 4) is 0 Å². The van der Waals surface area contributed by atoms with Crippen molar-refractivity contribution in [2.45, 2.75) is 89.5 Å². The van der Waals surface area contributed by atoms with Gasteiger partial charge in [-0.2, -0.15) is 0 Å². The van der Waals surface area contributed by atoms with Crippen LogP contribution in [0.2, 0.25) is 37.3 Å². The maximum Gasteiger partial charge on any atom is 0.312 e. The second-order valence-electron chi connectivity index (χ2n) is 13.3. The summed E-state index contributed by atoms with van der Waals surface area (Å²) in [6.45, 7) is 17.6.